The van der Waals surface area contributed by atoms with E-state index in [1.807, 2.05) is 60.7 Å². The molecule has 0 saturated heterocycles. The second kappa shape index (κ2) is 44.3. The van der Waals surface area contributed by atoms with Crippen LogP contribution in [0.2, 0.25) is 0 Å². The maximum Gasteiger partial charge on any atom is 2.00 e. The first-order chi connectivity index (χ1) is 31.0. The summed E-state index contributed by atoms with van der Waals surface area (Å²) >= 11 is 0. The topological polar surface area (TPSA) is 151 Å². The number of aliphatic carboxylic acids is 2. The molecule has 364 valence electrons. The first-order valence-electron chi connectivity index (χ1n) is 25.1. The van der Waals surface area contributed by atoms with Crippen LogP contribution in [0.5, 0.6) is 0 Å². The van der Waals surface area contributed by atoms with Gasteiger partial charge < -0.3 is 38.7 Å². The van der Waals surface area contributed by atoms with Gasteiger partial charge in [-0.15, -0.1) is 0 Å². The van der Waals surface area contributed by atoms with Crippen LogP contribution in [0.1, 0.15) is 219 Å². The Morgan fingerprint density at radius 2 is 0.692 bits per heavy atom. The minimum absolute atomic E-state index is 0. The minimum Gasteiger partial charge on any atom is -0.550 e. The maximum atomic E-state index is 11.7. The van der Waals surface area contributed by atoms with Gasteiger partial charge in [-0.3, -0.25) is 9.59 Å². The third-order valence-corrected chi connectivity index (χ3v) is 11.5. The summed E-state index contributed by atoms with van der Waals surface area (Å²) in [6.45, 7) is 8.24. The molecule has 0 spiro atoms. The van der Waals surface area contributed by atoms with Gasteiger partial charge in [0.1, 0.15) is 12.2 Å². The SMILES string of the molecule is CCCCCCCCCCCC(OC(C)=O)C(CCCCC(=O)[O-])OCc1ccccc1.CCCCCCCCCCCC(OC(C)=O)C(CCCCC(=O)[O-])OCc1ccccc1.[Ba+2]. The molecule has 4 atom stereocenters. The van der Waals surface area contributed by atoms with Crippen LogP contribution in [0.15, 0.2) is 60.7 Å². The fraction of sp³-hybridized carbons (Fsp3) is 0.704. The second-order valence-electron chi connectivity index (χ2n) is 17.4. The van der Waals surface area contributed by atoms with E-state index in [4.69, 9.17) is 18.9 Å². The van der Waals surface area contributed by atoms with Crippen molar-refractivity contribution in [3.8, 4) is 0 Å². The fourth-order valence-electron chi connectivity index (χ4n) is 7.92. The van der Waals surface area contributed by atoms with Crippen molar-refractivity contribution in [2.45, 2.75) is 245 Å². The molecule has 2 aromatic carbocycles. The number of hydrogen-bond acceptors (Lipinski definition) is 10. The summed E-state index contributed by atoms with van der Waals surface area (Å²) in [5.41, 5.74) is 2.13. The van der Waals surface area contributed by atoms with Gasteiger partial charge in [-0.2, -0.15) is 0 Å². The first kappa shape index (κ1) is 62.8. The molecule has 0 aromatic heterocycles. The Morgan fingerprint density at radius 3 is 0.985 bits per heavy atom. The molecule has 0 bridgehead atoms. The Bertz CT molecular complexity index is 1320. The molecule has 0 aliphatic rings. The number of rotatable bonds is 40. The van der Waals surface area contributed by atoms with Crippen molar-refractivity contribution in [3.05, 3.63) is 71.8 Å². The largest absolute Gasteiger partial charge is 2.00 e. The number of carboxylic acids is 2. The van der Waals surface area contributed by atoms with Crippen LogP contribution in [-0.4, -0.2) is 97.2 Å². The first-order valence-corrected chi connectivity index (χ1v) is 25.1. The average Bonchev–Trinajstić information content (AvgIpc) is 3.27. The van der Waals surface area contributed by atoms with Gasteiger partial charge in [0.25, 0.3) is 0 Å². The Kier molecular flexibility index (Phi) is 42.8. The Hall–Kier alpha value is -2.19. The van der Waals surface area contributed by atoms with Gasteiger partial charge in [-0.25, -0.2) is 0 Å². The van der Waals surface area contributed by atoms with Gasteiger partial charge in [0, 0.05) is 25.8 Å². The fourth-order valence-corrected chi connectivity index (χ4v) is 7.92. The minimum atomic E-state index is -1.03. The molecule has 0 aliphatic carbocycles. The number of esters is 2. The van der Waals surface area contributed by atoms with Crippen molar-refractivity contribution in [2.75, 3.05) is 0 Å². The molecule has 2 aromatic rings. The van der Waals surface area contributed by atoms with Gasteiger partial charge in [-0.1, -0.05) is 190 Å². The summed E-state index contributed by atoms with van der Waals surface area (Å²) in [5, 5.41) is 21.4. The Balaban J connectivity index is 0.00000124. The van der Waals surface area contributed by atoms with E-state index in [0.29, 0.717) is 51.7 Å². The van der Waals surface area contributed by atoms with E-state index in [1.54, 1.807) is 0 Å². The van der Waals surface area contributed by atoms with E-state index < -0.39 is 11.9 Å². The van der Waals surface area contributed by atoms with Crippen LogP contribution < -0.4 is 10.2 Å². The number of carboxylic acid groups (broad SMARTS) is 2. The second-order valence-corrected chi connectivity index (χ2v) is 17.4. The third-order valence-electron chi connectivity index (χ3n) is 11.5. The number of benzene rings is 2. The molecule has 4 unspecified atom stereocenters. The maximum absolute atomic E-state index is 11.7. The van der Waals surface area contributed by atoms with E-state index in [9.17, 15) is 29.4 Å². The average molecular weight is 1030 g/mol. The number of hydrogen-bond donors (Lipinski definition) is 0. The van der Waals surface area contributed by atoms with E-state index in [2.05, 4.69) is 13.8 Å². The third kappa shape index (κ3) is 38.5. The van der Waals surface area contributed by atoms with Crippen molar-refractivity contribution in [2.24, 2.45) is 0 Å². The quantitative estimate of drug-likeness (QED) is 0.0358. The Morgan fingerprint density at radius 1 is 0.415 bits per heavy atom. The van der Waals surface area contributed by atoms with Crippen molar-refractivity contribution < 1.29 is 48.3 Å². The number of carbonyl (C=O) groups excluding carboxylic acids is 4. The molecule has 0 fully saturated rings. The monoisotopic (exact) mass is 1030 g/mol. The van der Waals surface area contributed by atoms with Crippen LogP contribution in [0.25, 0.3) is 0 Å². The molecule has 0 amide bonds. The van der Waals surface area contributed by atoms with Gasteiger partial charge in [0.05, 0.1) is 25.4 Å². The standard InChI is InChI=1S/2C27H44O5.Ba/c2*1-3-4-5-6-7-8-9-10-14-20-26(32-23(2)28)25(19-15-16-21-27(29)30)31-22-24-17-12-11-13-18-24;/h2*11-13,17-18,25-26H,3-10,14-16,19-22H2,1-2H3,(H,29,30);/q;;+2/p-2. The Labute approximate surface area is 434 Å². The molecule has 0 radical (unpaired) electrons. The molecular formula is C54H86BaO10. The number of carbonyl (C=O) groups is 4. The molecule has 0 aliphatic heterocycles. The smallest absolute Gasteiger partial charge is 0.550 e. The normalized spacial score (nSPS) is 12.7. The van der Waals surface area contributed by atoms with Crippen LogP contribution in [0, 0.1) is 0 Å². The molecular weight excluding hydrogens is 946 g/mol. The zero-order valence-corrected chi connectivity index (χ0v) is 45.5. The summed E-state index contributed by atoms with van der Waals surface area (Å²) in [5.74, 6) is -2.65. The summed E-state index contributed by atoms with van der Waals surface area (Å²) in [6.07, 6.45) is 26.7. The van der Waals surface area contributed by atoms with Crippen LogP contribution in [0.3, 0.4) is 0 Å². The molecule has 65 heavy (non-hydrogen) atoms. The molecule has 11 heteroatoms. The van der Waals surface area contributed by atoms with Crippen LogP contribution >= 0.6 is 0 Å². The zero-order chi connectivity index (χ0) is 46.9. The van der Waals surface area contributed by atoms with E-state index in [-0.39, 0.29) is 98.1 Å². The van der Waals surface area contributed by atoms with E-state index >= 15 is 0 Å². The van der Waals surface area contributed by atoms with Crippen molar-refractivity contribution in [3.63, 3.8) is 0 Å². The summed E-state index contributed by atoms with van der Waals surface area (Å²) < 4.78 is 23.7. The number of ether oxygens (including phenoxy) is 4. The predicted molar refractivity (Wildman–Crippen MR) is 258 cm³/mol. The van der Waals surface area contributed by atoms with Crippen LogP contribution in [0.4, 0.5) is 0 Å². The predicted octanol–water partition coefficient (Wildman–Crippen LogP) is 11.1. The summed E-state index contributed by atoms with van der Waals surface area (Å²) in [6, 6.07) is 19.8. The van der Waals surface area contributed by atoms with Crippen molar-refractivity contribution >= 4 is 72.8 Å². The van der Waals surface area contributed by atoms with Crippen molar-refractivity contribution in [1.82, 2.24) is 0 Å². The van der Waals surface area contributed by atoms with E-state index in [1.165, 1.54) is 104 Å². The zero-order valence-electron chi connectivity index (χ0n) is 41.1. The molecule has 0 heterocycles. The van der Waals surface area contributed by atoms with Crippen molar-refractivity contribution in [1.29, 1.82) is 0 Å². The van der Waals surface area contributed by atoms with Crippen LogP contribution in [-0.2, 0) is 51.3 Å². The van der Waals surface area contributed by atoms with Gasteiger partial charge in [0.15, 0.2) is 0 Å². The van der Waals surface area contributed by atoms with E-state index in [0.717, 1.165) is 49.7 Å². The number of unbranched alkanes of at least 4 members (excludes halogenated alkanes) is 18. The molecule has 2 rings (SSSR count). The summed E-state index contributed by atoms with van der Waals surface area (Å²) in [4.78, 5) is 44.9. The van der Waals surface area contributed by atoms with Gasteiger partial charge in [0.2, 0.25) is 0 Å². The summed E-state index contributed by atoms with van der Waals surface area (Å²) in [7, 11) is 0. The molecule has 0 N–H and O–H groups in total. The van der Waals surface area contributed by atoms with Gasteiger partial charge >= 0.3 is 60.8 Å². The molecule has 0 saturated carbocycles. The molecule has 10 nitrogen and oxygen atoms in total. The van der Waals surface area contributed by atoms with Gasteiger partial charge in [-0.05, 0) is 75.3 Å².